The van der Waals surface area contributed by atoms with Crippen LogP contribution in [0.4, 0.5) is 10.5 Å². The molecule has 1 aromatic rings. The molecule has 2 rings (SSSR count). The zero-order valence-corrected chi connectivity index (χ0v) is 13.6. The highest BCUT2D eigenvalue weighted by atomic mass is 35.5. The molecule has 3 amide bonds. The summed E-state index contributed by atoms with van der Waals surface area (Å²) in [5.41, 5.74) is 1.38. The van der Waals surface area contributed by atoms with Crippen LogP contribution in [0.2, 0.25) is 5.02 Å². The van der Waals surface area contributed by atoms with Crippen molar-refractivity contribution in [2.24, 2.45) is 0 Å². The maximum Gasteiger partial charge on any atom is 0.314 e. The highest BCUT2D eigenvalue weighted by Crippen LogP contribution is 2.27. The van der Waals surface area contributed by atoms with Gasteiger partial charge in [-0.15, -0.1) is 0 Å². The van der Waals surface area contributed by atoms with Gasteiger partial charge in [-0.1, -0.05) is 11.6 Å². The minimum absolute atomic E-state index is 0.0166. The highest BCUT2D eigenvalue weighted by Gasteiger charge is 2.22. The first-order chi connectivity index (χ1) is 11.0. The Bertz CT molecular complexity index is 635. The third-order valence-electron chi connectivity index (χ3n) is 3.68. The second-order valence-electron chi connectivity index (χ2n) is 5.08. The number of anilines is 1. The van der Waals surface area contributed by atoms with Crippen LogP contribution in [0, 0.1) is 11.3 Å². The van der Waals surface area contributed by atoms with E-state index in [1.165, 1.54) is 7.05 Å². The number of nitrogens with one attached hydrogen (secondary N) is 2. The molecule has 8 heteroatoms. The molecule has 0 aliphatic carbocycles. The van der Waals surface area contributed by atoms with Gasteiger partial charge < -0.3 is 20.4 Å². The van der Waals surface area contributed by atoms with Crippen molar-refractivity contribution < 1.29 is 9.59 Å². The lowest BCUT2D eigenvalue weighted by Gasteiger charge is -2.36. The van der Waals surface area contributed by atoms with Gasteiger partial charge in [0.15, 0.2) is 0 Å². The Hall–Kier alpha value is -2.46. The number of amides is 3. The molecular weight excluding hydrogens is 318 g/mol. The largest absolute Gasteiger partial charge is 0.367 e. The summed E-state index contributed by atoms with van der Waals surface area (Å²) in [6, 6.07) is 6.87. The maximum absolute atomic E-state index is 12.0. The molecule has 0 spiro atoms. The molecule has 0 unspecified atom stereocenters. The van der Waals surface area contributed by atoms with E-state index in [9.17, 15) is 9.59 Å². The predicted molar refractivity (Wildman–Crippen MR) is 87.4 cm³/mol. The van der Waals surface area contributed by atoms with Gasteiger partial charge in [0, 0.05) is 33.2 Å². The Morgan fingerprint density at radius 2 is 2.00 bits per heavy atom. The third kappa shape index (κ3) is 4.27. The monoisotopic (exact) mass is 335 g/mol. The molecule has 1 heterocycles. The number of urea groups is 1. The fourth-order valence-electron chi connectivity index (χ4n) is 2.39. The summed E-state index contributed by atoms with van der Waals surface area (Å²) in [7, 11) is 1.50. The minimum Gasteiger partial charge on any atom is -0.367 e. The summed E-state index contributed by atoms with van der Waals surface area (Å²) < 4.78 is 0. The van der Waals surface area contributed by atoms with Crippen LogP contribution < -0.4 is 15.5 Å². The minimum atomic E-state index is -0.374. The van der Waals surface area contributed by atoms with Crippen LogP contribution in [0.15, 0.2) is 18.2 Å². The lowest BCUT2D eigenvalue weighted by molar-refractivity contribution is -0.130. The number of halogens is 1. The van der Waals surface area contributed by atoms with Gasteiger partial charge in [-0.3, -0.25) is 4.79 Å². The predicted octanol–water partition coefficient (Wildman–Crippen LogP) is 0.789. The zero-order chi connectivity index (χ0) is 16.8. The summed E-state index contributed by atoms with van der Waals surface area (Å²) in [6.45, 7) is 2.40. The van der Waals surface area contributed by atoms with E-state index in [0.717, 1.165) is 5.69 Å². The average molecular weight is 336 g/mol. The van der Waals surface area contributed by atoms with Gasteiger partial charge >= 0.3 is 6.03 Å². The Morgan fingerprint density at radius 1 is 1.30 bits per heavy atom. The molecule has 0 aromatic heterocycles. The van der Waals surface area contributed by atoms with E-state index in [-0.39, 0.29) is 18.5 Å². The van der Waals surface area contributed by atoms with E-state index < -0.39 is 0 Å². The standard InChI is InChI=1S/C15H18ClN5O2/c1-18-15(23)19-10-14(22)21-6-4-20(5-7-21)13-3-2-11(9-17)8-12(13)16/h2-3,8H,4-7,10H2,1H3,(H2,18,19,23). The Morgan fingerprint density at radius 3 is 2.57 bits per heavy atom. The van der Waals surface area contributed by atoms with Crippen molar-refractivity contribution in [3.8, 4) is 6.07 Å². The molecule has 0 atom stereocenters. The SMILES string of the molecule is CNC(=O)NCC(=O)N1CCN(c2ccc(C#N)cc2Cl)CC1. The molecule has 1 aliphatic rings. The Labute approximate surface area is 139 Å². The lowest BCUT2D eigenvalue weighted by Crippen LogP contribution is -2.51. The van der Waals surface area contributed by atoms with Crippen molar-refractivity contribution in [1.82, 2.24) is 15.5 Å². The number of benzene rings is 1. The van der Waals surface area contributed by atoms with E-state index in [4.69, 9.17) is 16.9 Å². The van der Waals surface area contributed by atoms with Crippen molar-refractivity contribution >= 4 is 29.2 Å². The van der Waals surface area contributed by atoms with E-state index in [0.29, 0.717) is 36.8 Å². The summed E-state index contributed by atoms with van der Waals surface area (Å²) in [5, 5.41) is 14.3. The number of hydrogen-bond donors (Lipinski definition) is 2. The summed E-state index contributed by atoms with van der Waals surface area (Å²) in [6.07, 6.45) is 0. The van der Waals surface area contributed by atoms with Crippen molar-refractivity contribution in [2.75, 3.05) is 44.7 Å². The first kappa shape index (κ1) is 16.9. The normalized spacial score (nSPS) is 14.1. The van der Waals surface area contributed by atoms with Crippen LogP contribution >= 0.6 is 11.6 Å². The van der Waals surface area contributed by atoms with Crippen molar-refractivity contribution in [2.45, 2.75) is 0 Å². The molecule has 2 N–H and O–H groups in total. The van der Waals surface area contributed by atoms with Crippen LogP contribution in [0.5, 0.6) is 0 Å². The van der Waals surface area contributed by atoms with Gasteiger partial charge in [-0.25, -0.2) is 4.79 Å². The number of rotatable bonds is 3. The molecular formula is C15H18ClN5O2. The van der Waals surface area contributed by atoms with Crippen molar-refractivity contribution in [3.63, 3.8) is 0 Å². The van der Waals surface area contributed by atoms with Gasteiger partial charge in [0.25, 0.3) is 0 Å². The van der Waals surface area contributed by atoms with Crippen LogP contribution in [-0.2, 0) is 4.79 Å². The fraction of sp³-hybridized carbons (Fsp3) is 0.400. The summed E-state index contributed by atoms with van der Waals surface area (Å²) >= 11 is 6.21. The van der Waals surface area contributed by atoms with Crippen LogP contribution in [0.1, 0.15) is 5.56 Å². The topological polar surface area (TPSA) is 88.5 Å². The van der Waals surface area contributed by atoms with E-state index >= 15 is 0 Å². The fourth-order valence-corrected chi connectivity index (χ4v) is 2.69. The highest BCUT2D eigenvalue weighted by molar-refractivity contribution is 6.33. The second kappa shape index (κ2) is 7.70. The Kier molecular flexibility index (Phi) is 5.66. The lowest BCUT2D eigenvalue weighted by atomic mass is 10.2. The molecule has 0 saturated carbocycles. The molecule has 1 fully saturated rings. The Balaban J connectivity index is 1.90. The van der Waals surface area contributed by atoms with Gasteiger partial charge in [0.2, 0.25) is 5.91 Å². The van der Waals surface area contributed by atoms with E-state index in [2.05, 4.69) is 21.6 Å². The van der Waals surface area contributed by atoms with Gasteiger partial charge in [0.1, 0.15) is 0 Å². The first-order valence-corrected chi connectivity index (χ1v) is 7.61. The molecule has 0 radical (unpaired) electrons. The maximum atomic E-state index is 12.0. The van der Waals surface area contributed by atoms with Crippen molar-refractivity contribution in [1.29, 1.82) is 5.26 Å². The number of carbonyl (C=O) groups excluding carboxylic acids is 2. The van der Waals surface area contributed by atoms with Crippen LogP contribution in [-0.4, -0.2) is 56.6 Å². The number of carbonyl (C=O) groups is 2. The van der Waals surface area contributed by atoms with Crippen molar-refractivity contribution in [3.05, 3.63) is 28.8 Å². The van der Waals surface area contributed by atoms with Gasteiger partial charge in [0.05, 0.1) is 28.9 Å². The van der Waals surface area contributed by atoms with Gasteiger partial charge in [-0.05, 0) is 18.2 Å². The molecule has 7 nitrogen and oxygen atoms in total. The summed E-state index contributed by atoms with van der Waals surface area (Å²) in [4.78, 5) is 26.9. The number of nitriles is 1. The number of hydrogen-bond acceptors (Lipinski definition) is 4. The molecule has 1 aliphatic heterocycles. The molecule has 1 aromatic carbocycles. The van der Waals surface area contributed by atoms with Gasteiger partial charge in [-0.2, -0.15) is 5.26 Å². The molecule has 1 saturated heterocycles. The van der Waals surface area contributed by atoms with Crippen LogP contribution in [0.3, 0.4) is 0 Å². The quantitative estimate of drug-likeness (QED) is 0.854. The number of nitrogens with zero attached hydrogens (tertiary/aromatic N) is 3. The summed E-state index contributed by atoms with van der Waals surface area (Å²) in [5.74, 6) is -0.112. The molecule has 23 heavy (non-hydrogen) atoms. The first-order valence-electron chi connectivity index (χ1n) is 7.23. The van der Waals surface area contributed by atoms with E-state index in [1.807, 2.05) is 6.07 Å². The second-order valence-corrected chi connectivity index (χ2v) is 5.49. The smallest absolute Gasteiger partial charge is 0.314 e. The zero-order valence-electron chi connectivity index (χ0n) is 12.8. The number of piperazine rings is 1. The van der Waals surface area contributed by atoms with Crippen LogP contribution in [0.25, 0.3) is 0 Å². The third-order valence-corrected chi connectivity index (χ3v) is 3.98. The molecule has 0 bridgehead atoms. The van der Waals surface area contributed by atoms with E-state index in [1.54, 1.807) is 17.0 Å². The molecule has 122 valence electrons. The average Bonchev–Trinajstić information content (AvgIpc) is 2.59.